The second-order valence-electron chi connectivity index (χ2n) is 5.88. The van der Waals surface area contributed by atoms with Gasteiger partial charge >= 0.3 is 0 Å². The van der Waals surface area contributed by atoms with Crippen molar-refractivity contribution in [2.24, 2.45) is 0 Å². The maximum Gasteiger partial charge on any atom is 0.271 e. The van der Waals surface area contributed by atoms with E-state index in [2.05, 4.69) is 34.9 Å². The third-order valence-corrected chi connectivity index (χ3v) is 3.99. The van der Waals surface area contributed by atoms with Crippen LogP contribution in [0.1, 0.15) is 43.9 Å². The van der Waals surface area contributed by atoms with Gasteiger partial charge in [-0.2, -0.15) is 0 Å². The van der Waals surface area contributed by atoms with Crippen molar-refractivity contribution < 1.29 is 4.79 Å². The van der Waals surface area contributed by atoms with Gasteiger partial charge < -0.3 is 0 Å². The minimum Gasteiger partial charge on any atom is -0.298 e. The summed E-state index contributed by atoms with van der Waals surface area (Å²) in [7, 11) is 0. The molecule has 1 heterocycles. The Morgan fingerprint density at radius 3 is 2.14 bits per heavy atom. The SMILES string of the molecule is Cc1cc(C)c(NNC(=O)c2c(C)ncc(C)c2C)c(C)c1. The van der Waals surface area contributed by atoms with Gasteiger partial charge in [0.05, 0.1) is 16.9 Å². The molecule has 0 radical (unpaired) electrons. The molecule has 0 aliphatic carbocycles. The Morgan fingerprint density at radius 2 is 1.55 bits per heavy atom. The number of pyridine rings is 1. The standard InChI is InChI=1S/C18H23N3O/c1-10-7-11(2)17(12(3)8-10)20-21-18(22)16-14(5)13(4)9-19-15(16)6/h7-9,20H,1-6H3,(H,21,22). The van der Waals surface area contributed by atoms with Crippen molar-refractivity contribution in [3.8, 4) is 0 Å². The lowest BCUT2D eigenvalue weighted by molar-refractivity contribution is 0.0961. The molecule has 0 atom stereocenters. The minimum absolute atomic E-state index is 0.162. The molecular formula is C18H23N3O. The van der Waals surface area contributed by atoms with Gasteiger partial charge in [0.2, 0.25) is 0 Å². The number of hydrazine groups is 1. The fourth-order valence-electron chi connectivity index (χ4n) is 2.72. The van der Waals surface area contributed by atoms with Gasteiger partial charge in [-0.3, -0.25) is 20.6 Å². The van der Waals surface area contributed by atoms with E-state index in [0.717, 1.165) is 33.6 Å². The molecule has 1 amide bonds. The highest BCUT2D eigenvalue weighted by atomic mass is 16.2. The van der Waals surface area contributed by atoms with Gasteiger partial charge in [0, 0.05) is 6.20 Å². The van der Waals surface area contributed by atoms with Crippen LogP contribution in [0.2, 0.25) is 0 Å². The number of hydrogen-bond acceptors (Lipinski definition) is 3. The first-order chi connectivity index (χ1) is 10.3. The Morgan fingerprint density at radius 1 is 0.955 bits per heavy atom. The molecule has 4 heteroatoms. The highest BCUT2D eigenvalue weighted by Gasteiger charge is 2.15. The zero-order chi connectivity index (χ0) is 16.4. The molecule has 1 aromatic heterocycles. The molecule has 0 saturated heterocycles. The zero-order valence-electron chi connectivity index (χ0n) is 14.1. The third-order valence-electron chi connectivity index (χ3n) is 3.99. The lowest BCUT2D eigenvalue weighted by Gasteiger charge is -2.16. The summed E-state index contributed by atoms with van der Waals surface area (Å²) in [4.78, 5) is 16.8. The van der Waals surface area contributed by atoms with E-state index in [1.54, 1.807) is 6.20 Å². The van der Waals surface area contributed by atoms with Crippen molar-refractivity contribution in [2.45, 2.75) is 41.5 Å². The van der Waals surface area contributed by atoms with E-state index in [1.807, 2.05) is 34.6 Å². The number of aromatic nitrogens is 1. The average Bonchev–Trinajstić information content (AvgIpc) is 2.42. The van der Waals surface area contributed by atoms with Crippen LogP contribution in [0.3, 0.4) is 0 Å². The number of nitrogens with one attached hydrogen (secondary N) is 2. The van der Waals surface area contributed by atoms with E-state index in [9.17, 15) is 4.79 Å². The average molecular weight is 297 g/mol. The second-order valence-corrected chi connectivity index (χ2v) is 5.88. The largest absolute Gasteiger partial charge is 0.298 e. The first kappa shape index (κ1) is 16.0. The molecule has 0 fully saturated rings. The second kappa shape index (κ2) is 6.18. The number of amides is 1. The quantitative estimate of drug-likeness (QED) is 0.850. The Hall–Kier alpha value is -2.36. The first-order valence-corrected chi connectivity index (χ1v) is 7.38. The van der Waals surface area contributed by atoms with Gasteiger partial charge in [0.25, 0.3) is 5.91 Å². The van der Waals surface area contributed by atoms with Crippen LogP contribution in [0.15, 0.2) is 18.3 Å². The molecule has 0 spiro atoms. The smallest absolute Gasteiger partial charge is 0.271 e. The summed E-state index contributed by atoms with van der Waals surface area (Å²) in [6.07, 6.45) is 1.79. The lowest BCUT2D eigenvalue weighted by Crippen LogP contribution is -2.31. The summed E-state index contributed by atoms with van der Waals surface area (Å²) < 4.78 is 0. The molecule has 2 N–H and O–H groups in total. The first-order valence-electron chi connectivity index (χ1n) is 7.38. The fraction of sp³-hybridized carbons (Fsp3) is 0.333. The van der Waals surface area contributed by atoms with Gasteiger partial charge in [-0.25, -0.2) is 0 Å². The van der Waals surface area contributed by atoms with Gasteiger partial charge in [0.1, 0.15) is 0 Å². The maximum absolute atomic E-state index is 12.5. The number of anilines is 1. The van der Waals surface area contributed by atoms with Crippen molar-refractivity contribution in [1.29, 1.82) is 0 Å². The van der Waals surface area contributed by atoms with Crippen LogP contribution in [0.25, 0.3) is 0 Å². The van der Waals surface area contributed by atoms with Gasteiger partial charge in [-0.1, -0.05) is 17.7 Å². The van der Waals surface area contributed by atoms with Gasteiger partial charge in [0.15, 0.2) is 0 Å². The van der Waals surface area contributed by atoms with Crippen LogP contribution < -0.4 is 10.9 Å². The molecule has 0 saturated carbocycles. The van der Waals surface area contributed by atoms with Crippen molar-refractivity contribution in [2.75, 3.05) is 5.43 Å². The van der Waals surface area contributed by atoms with Crippen molar-refractivity contribution >= 4 is 11.6 Å². The van der Waals surface area contributed by atoms with E-state index < -0.39 is 0 Å². The Balaban J connectivity index is 2.23. The maximum atomic E-state index is 12.5. The molecule has 0 bridgehead atoms. The molecule has 116 valence electrons. The number of rotatable bonds is 3. The molecule has 1 aromatic carbocycles. The van der Waals surface area contributed by atoms with E-state index >= 15 is 0 Å². The zero-order valence-corrected chi connectivity index (χ0v) is 14.1. The summed E-state index contributed by atoms with van der Waals surface area (Å²) in [6.45, 7) is 11.9. The monoisotopic (exact) mass is 297 g/mol. The van der Waals surface area contributed by atoms with Crippen molar-refractivity contribution in [1.82, 2.24) is 10.4 Å². The molecular weight excluding hydrogens is 274 g/mol. The fourth-order valence-corrected chi connectivity index (χ4v) is 2.72. The number of hydrogen-bond donors (Lipinski definition) is 2. The highest BCUT2D eigenvalue weighted by Crippen LogP contribution is 2.21. The summed E-state index contributed by atoms with van der Waals surface area (Å²) in [5.74, 6) is -0.162. The third kappa shape index (κ3) is 3.11. The topological polar surface area (TPSA) is 54.0 Å². The molecule has 0 unspecified atom stereocenters. The number of carbonyl (C=O) groups excluding carboxylic acids is 1. The summed E-state index contributed by atoms with van der Waals surface area (Å²) in [5, 5.41) is 0. The normalized spacial score (nSPS) is 10.5. The van der Waals surface area contributed by atoms with Crippen LogP contribution in [-0.2, 0) is 0 Å². The molecule has 4 nitrogen and oxygen atoms in total. The highest BCUT2D eigenvalue weighted by molar-refractivity contribution is 5.97. The molecule has 0 aliphatic heterocycles. The van der Waals surface area contributed by atoms with E-state index in [1.165, 1.54) is 5.56 Å². The van der Waals surface area contributed by atoms with E-state index in [-0.39, 0.29) is 5.91 Å². The van der Waals surface area contributed by atoms with Crippen molar-refractivity contribution in [3.63, 3.8) is 0 Å². The Bertz CT molecular complexity index is 712. The Labute approximate surface area is 131 Å². The number of benzene rings is 1. The predicted molar refractivity (Wildman–Crippen MR) is 90.2 cm³/mol. The molecule has 2 aromatic rings. The van der Waals surface area contributed by atoms with Gasteiger partial charge in [-0.05, 0) is 63.8 Å². The number of aryl methyl sites for hydroxylation is 5. The summed E-state index contributed by atoms with van der Waals surface area (Å²) in [6, 6.07) is 4.18. The van der Waals surface area contributed by atoms with Crippen LogP contribution in [0.5, 0.6) is 0 Å². The minimum atomic E-state index is -0.162. The van der Waals surface area contributed by atoms with Crippen LogP contribution in [-0.4, -0.2) is 10.9 Å². The van der Waals surface area contributed by atoms with Crippen LogP contribution in [0, 0.1) is 41.5 Å². The molecule has 2 rings (SSSR count). The number of nitrogens with zero attached hydrogens (tertiary/aromatic N) is 1. The summed E-state index contributed by atoms with van der Waals surface area (Å²) in [5.41, 5.74) is 13.6. The predicted octanol–water partition coefficient (Wildman–Crippen LogP) is 3.69. The molecule has 0 aliphatic rings. The molecule has 22 heavy (non-hydrogen) atoms. The van der Waals surface area contributed by atoms with E-state index in [4.69, 9.17) is 0 Å². The van der Waals surface area contributed by atoms with Crippen LogP contribution in [0.4, 0.5) is 5.69 Å². The van der Waals surface area contributed by atoms with Gasteiger partial charge in [-0.15, -0.1) is 0 Å². The Kier molecular flexibility index (Phi) is 4.50. The van der Waals surface area contributed by atoms with Crippen molar-refractivity contribution in [3.05, 3.63) is 57.4 Å². The summed E-state index contributed by atoms with van der Waals surface area (Å²) >= 11 is 0. The number of carbonyl (C=O) groups is 1. The lowest BCUT2D eigenvalue weighted by atomic mass is 10.0. The van der Waals surface area contributed by atoms with Crippen LogP contribution >= 0.6 is 0 Å². The van der Waals surface area contributed by atoms with E-state index in [0.29, 0.717) is 5.56 Å².